The third kappa shape index (κ3) is 10.8. The fraction of sp³-hybridized carbons (Fsp3) is 0.767. The molecule has 0 spiro atoms. The van der Waals surface area contributed by atoms with E-state index in [2.05, 4.69) is 38.0 Å². The Hall–Kier alpha value is -1.58. The summed E-state index contributed by atoms with van der Waals surface area (Å²) in [5, 5.41) is -0.321. The van der Waals surface area contributed by atoms with Gasteiger partial charge in [0.2, 0.25) is 8.32 Å². The van der Waals surface area contributed by atoms with Gasteiger partial charge in [-0.15, -0.1) is 0 Å². The van der Waals surface area contributed by atoms with Crippen LogP contribution in [0.3, 0.4) is 0 Å². The largest absolute Gasteiger partial charge is 0.543 e. The maximum atomic E-state index is 13.3. The zero-order chi connectivity index (χ0) is 34.3. The van der Waals surface area contributed by atoms with Crippen molar-refractivity contribution in [3.63, 3.8) is 0 Å². The van der Waals surface area contributed by atoms with Crippen LogP contribution >= 0.6 is 0 Å². The second-order valence-corrected chi connectivity index (χ2v) is 26.9. The molecule has 7 nitrogen and oxygen atoms in total. The van der Waals surface area contributed by atoms with E-state index in [1.54, 1.807) is 20.8 Å². The Balaban J connectivity index is 3.93. The van der Waals surface area contributed by atoms with Crippen LogP contribution in [0.25, 0.3) is 0 Å². The van der Waals surface area contributed by atoms with Crippen molar-refractivity contribution in [2.24, 2.45) is 0 Å². The lowest BCUT2D eigenvalue weighted by molar-refractivity contribution is -0.153. The first-order valence-electron chi connectivity index (χ1n) is 14.5. The normalized spacial score (nSPS) is 14.5. The summed E-state index contributed by atoms with van der Waals surface area (Å²) in [7, 11) is -10.7. The smallest absolute Gasteiger partial charge is 0.534 e. The van der Waals surface area contributed by atoms with E-state index >= 15 is 0 Å². The number of alkyl halides is 3. The van der Waals surface area contributed by atoms with Crippen molar-refractivity contribution < 1.29 is 44.2 Å². The van der Waals surface area contributed by atoms with Gasteiger partial charge in [-0.25, -0.2) is 0 Å². The van der Waals surface area contributed by atoms with Gasteiger partial charge in [-0.1, -0.05) is 55.4 Å². The number of hydrogen-bond acceptors (Lipinski definition) is 7. The molecule has 0 heterocycles. The molecular weight excluding hydrogens is 618 g/mol. The van der Waals surface area contributed by atoms with Gasteiger partial charge in [0, 0.05) is 18.2 Å². The highest BCUT2D eigenvalue weighted by Crippen LogP contribution is 2.46. The second kappa shape index (κ2) is 12.7. The summed E-state index contributed by atoms with van der Waals surface area (Å²) in [6, 6.07) is 2.35. The Morgan fingerprint density at radius 3 is 1.72 bits per heavy atom. The van der Waals surface area contributed by atoms with E-state index in [1.807, 2.05) is 47.7 Å². The van der Waals surface area contributed by atoms with Crippen LogP contribution in [0.2, 0.25) is 36.3 Å². The van der Waals surface area contributed by atoms with E-state index in [0.29, 0.717) is 18.6 Å². The molecular formula is C30H53F3O7SSi2. The number of ether oxygens (including phenoxy) is 1. The molecule has 0 aliphatic heterocycles. The Morgan fingerprint density at radius 2 is 1.30 bits per heavy atom. The zero-order valence-corrected chi connectivity index (χ0v) is 31.5. The fourth-order valence-electron chi connectivity index (χ4n) is 3.72. The Labute approximate surface area is 259 Å². The molecule has 0 bridgehead atoms. The van der Waals surface area contributed by atoms with E-state index < -0.39 is 55.0 Å². The number of halogens is 3. The number of carbonyl (C=O) groups is 1. The van der Waals surface area contributed by atoms with E-state index in [1.165, 1.54) is 6.07 Å². The molecule has 0 amide bonds. The first-order valence-corrected chi connectivity index (χ1v) is 21.7. The van der Waals surface area contributed by atoms with E-state index in [9.17, 15) is 26.4 Å². The molecule has 0 fully saturated rings. The number of carbonyl (C=O) groups excluding carboxylic acids is 1. The molecule has 0 aliphatic rings. The third-order valence-corrected chi connectivity index (χ3v) is 18.1. The topological polar surface area (TPSA) is 88.1 Å². The first-order chi connectivity index (χ1) is 18.7. The minimum Gasteiger partial charge on any atom is -0.543 e. The molecule has 0 atom stereocenters. The monoisotopic (exact) mass is 670 g/mol. The van der Waals surface area contributed by atoms with Crippen molar-refractivity contribution in [3.8, 4) is 11.5 Å². The Morgan fingerprint density at radius 1 is 0.814 bits per heavy atom. The van der Waals surface area contributed by atoms with Crippen LogP contribution in [-0.2, 0) is 35.9 Å². The minimum absolute atomic E-state index is 0.0153. The Bertz CT molecular complexity index is 1250. The summed E-state index contributed by atoms with van der Waals surface area (Å²) >= 11 is 0. The molecule has 13 heteroatoms. The molecule has 43 heavy (non-hydrogen) atoms. The quantitative estimate of drug-likeness (QED) is 0.101. The molecule has 1 aromatic carbocycles. The molecule has 0 aromatic heterocycles. The van der Waals surface area contributed by atoms with Crippen molar-refractivity contribution in [1.82, 2.24) is 0 Å². The van der Waals surface area contributed by atoms with E-state index in [4.69, 9.17) is 13.6 Å². The molecule has 0 N–H and O–H groups in total. The predicted molar refractivity (Wildman–Crippen MR) is 170 cm³/mol. The van der Waals surface area contributed by atoms with Gasteiger partial charge in [-0.05, 0) is 80.5 Å². The summed E-state index contributed by atoms with van der Waals surface area (Å²) < 4.78 is 87.2. The van der Waals surface area contributed by atoms with Crippen molar-refractivity contribution in [2.75, 3.05) is 6.61 Å². The number of hydrogen-bond donors (Lipinski definition) is 0. The van der Waals surface area contributed by atoms with Gasteiger partial charge in [0.1, 0.15) is 17.1 Å². The van der Waals surface area contributed by atoms with Crippen molar-refractivity contribution in [2.45, 2.75) is 142 Å². The summed E-state index contributed by atoms with van der Waals surface area (Å²) in [4.78, 5) is 13.1. The van der Waals surface area contributed by atoms with Crippen LogP contribution in [0.15, 0.2) is 12.1 Å². The lowest BCUT2D eigenvalue weighted by atomic mass is 9.78. The van der Waals surface area contributed by atoms with Crippen molar-refractivity contribution in [3.05, 3.63) is 23.3 Å². The average molecular weight is 671 g/mol. The highest BCUT2D eigenvalue weighted by molar-refractivity contribution is 7.88. The van der Waals surface area contributed by atoms with Crippen molar-refractivity contribution in [1.29, 1.82) is 0 Å². The van der Waals surface area contributed by atoms with Crippen LogP contribution < -0.4 is 8.61 Å². The van der Waals surface area contributed by atoms with Crippen LogP contribution in [0.5, 0.6) is 11.5 Å². The highest BCUT2D eigenvalue weighted by atomic mass is 32.2. The van der Waals surface area contributed by atoms with Crippen LogP contribution in [-0.4, -0.2) is 48.7 Å². The van der Waals surface area contributed by atoms with Gasteiger partial charge in [0.05, 0.1) is 6.42 Å². The molecule has 0 unspecified atom stereocenters. The molecule has 1 rings (SSSR count). The minimum atomic E-state index is -5.98. The van der Waals surface area contributed by atoms with Crippen LogP contribution in [0.1, 0.15) is 93.7 Å². The maximum absolute atomic E-state index is 13.3. The van der Waals surface area contributed by atoms with E-state index in [-0.39, 0.29) is 27.8 Å². The van der Waals surface area contributed by atoms with Crippen molar-refractivity contribution >= 4 is 32.7 Å². The maximum Gasteiger partial charge on any atom is 0.534 e. The summed E-state index contributed by atoms with van der Waals surface area (Å²) in [6.45, 7) is 30.1. The molecule has 1 aromatic rings. The summed E-state index contributed by atoms with van der Waals surface area (Å²) in [5.74, 6) is -1.05. The third-order valence-electron chi connectivity index (χ3n) is 8.25. The van der Waals surface area contributed by atoms with Crippen LogP contribution in [0, 0.1) is 0 Å². The van der Waals surface area contributed by atoms with Gasteiger partial charge in [-0.2, -0.15) is 21.6 Å². The van der Waals surface area contributed by atoms with Gasteiger partial charge in [-0.3, -0.25) is 4.79 Å². The number of esters is 1. The van der Waals surface area contributed by atoms with Gasteiger partial charge in [0.25, 0.3) is 0 Å². The number of benzene rings is 1. The standard InChI is InChI=1S/C30H53F3O7SSi2/c1-26(2,3)38-24(34)19-21-18-22(39-41(35,36)30(31,32)33)20-23(40-43(14,15)28(7,8)9)25(21)29(10,11)16-17-37-42(12,13)27(4,5)6/h18,20H,16-17,19H2,1-15H3. The highest BCUT2D eigenvalue weighted by Gasteiger charge is 2.49. The van der Waals surface area contributed by atoms with Gasteiger partial charge in [0.15, 0.2) is 8.32 Å². The van der Waals surface area contributed by atoms with Gasteiger partial charge >= 0.3 is 21.6 Å². The molecule has 0 aliphatic carbocycles. The molecule has 0 saturated heterocycles. The molecule has 0 saturated carbocycles. The lowest BCUT2D eigenvalue weighted by Crippen LogP contribution is -2.44. The predicted octanol–water partition coefficient (Wildman–Crippen LogP) is 8.87. The fourth-order valence-corrected chi connectivity index (χ4v) is 6.23. The van der Waals surface area contributed by atoms with Crippen LogP contribution in [0.4, 0.5) is 13.2 Å². The lowest BCUT2D eigenvalue weighted by Gasteiger charge is -2.40. The Kier molecular flexibility index (Phi) is 11.6. The van der Waals surface area contributed by atoms with Gasteiger partial charge < -0.3 is 17.8 Å². The molecule has 0 radical (unpaired) electrons. The first kappa shape index (κ1) is 39.4. The SMILES string of the molecule is CC(C)(C)OC(=O)Cc1cc(OS(=O)(=O)C(F)(F)F)cc(O[Si](C)(C)C(C)(C)C)c1C(C)(C)CCO[Si](C)(C)C(C)(C)C. The molecule has 250 valence electrons. The zero-order valence-electron chi connectivity index (χ0n) is 28.7. The summed E-state index contributed by atoms with van der Waals surface area (Å²) in [5.41, 5.74) is -6.34. The number of rotatable bonds is 11. The average Bonchev–Trinajstić information content (AvgIpc) is 2.68. The second-order valence-electron chi connectivity index (χ2n) is 15.8. The summed E-state index contributed by atoms with van der Waals surface area (Å²) in [6.07, 6.45) is 0.159. The van der Waals surface area contributed by atoms with E-state index in [0.717, 1.165) is 6.07 Å².